The summed E-state index contributed by atoms with van der Waals surface area (Å²) in [5.41, 5.74) is 6.76. The first-order chi connectivity index (χ1) is 14.3. The maximum atomic E-state index is 4.87. The zero-order valence-electron chi connectivity index (χ0n) is 15.8. The van der Waals surface area contributed by atoms with Crippen LogP contribution in [0.2, 0.25) is 0 Å². The third kappa shape index (κ3) is 2.73. The average Bonchev–Trinajstić information content (AvgIpc) is 2.77. The van der Waals surface area contributed by atoms with Gasteiger partial charge >= 0.3 is 0 Å². The minimum Gasteiger partial charge on any atom is -0.248 e. The van der Waals surface area contributed by atoms with Gasteiger partial charge in [0.1, 0.15) is 0 Å². The Morgan fingerprint density at radius 2 is 0.897 bits per heavy atom. The van der Waals surface area contributed by atoms with Gasteiger partial charge in [0.25, 0.3) is 0 Å². The van der Waals surface area contributed by atoms with E-state index in [-0.39, 0.29) is 0 Å². The third-order valence-corrected chi connectivity index (χ3v) is 5.68. The molecule has 2 aromatic heterocycles. The molecule has 0 amide bonds. The molecule has 0 saturated heterocycles. The summed E-state index contributed by atoms with van der Waals surface area (Å²) in [7, 11) is 0. The topological polar surface area (TPSA) is 25.8 Å². The van der Waals surface area contributed by atoms with Crippen LogP contribution in [0.15, 0.2) is 97.1 Å². The monoisotopic (exact) mass is 370 g/mol. The lowest BCUT2D eigenvalue weighted by atomic mass is 9.96. The Labute approximate surface area is 168 Å². The highest BCUT2D eigenvalue weighted by molar-refractivity contribution is 5.96. The summed E-state index contributed by atoms with van der Waals surface area (Å²) in [6.45, 7) is 0. The van der Waals surface area contributed by atoms with E-state index in [0.29, 0.717) is 0 Å². The Hall–Kier alpha value is -3.78. The van der Waals surface area contributed by atoms with Crippen molar-refractivity contribution in [2.75, 3.05) is 0 Å². The number of pyridine rings is 2. The molecule has 0 N–H and O–H groups in total. The Morgan fingerprint density at radius 1 is 0.448 bits per heavy atom. The normalized spacial score (nSPS) is 11.6. The molecule has 2 heterocycles. The molecule has 2 heteroatoms. The first-order valence-corrected chi connectivity index (χ1v) is 9.90. The lowest BCUT2D eigenvalue weighted by Crippen LogP contribution is -1.94. The molecular formula is C27H18N2. The molecular weight excluding hydrogens is 352 g/mol. The zero-order valence-corrected chi connectivity index (χ0v) is 15.8. The minimum atomic E-state index is 0.856. The van der Waals surface area contributed by atoms with Crippen LogP contribution in [0.4, 0.5) is 0 Å². The molecule has 6 aromatic rings. The molecule has 0 aliphatic carbocycles. The van der Waals surface area contributed by atoms with Gasteiger partial charge in [0.2, 0.25) is 0 Å². The van der Waals surface area contributed by atoms with Crippen LogP contribution in [0.1, 0.15) is 11.1 Å². The van der Waals surface area contributed by atoms with E-state index < -0.39 is 0 Å². The zero-order chi connectivity index (χ0) is 19.2. The molecule has 6 rings (SSSR count). The van der Waals surface area contributed by atoms with E-state index in [0.717, 1.165) is 28.5 Å². The molecule has 4 aromatic carbocycles. The average molecular weight is 370 g/mol. The highest BCUT2D eigenvalue weighted by Gasteiger charge is 2.09. The molecule has 0 atom stereocenters. The Morgan fingerprint density at radius 3 is 1.41 bits per heavy atom. The molecule has 136 valence electrons. The van der Waals surface area contributed by atoms with Crippen LogP contribution >= 0.6 is 0 Å². The summed E-state index contributed by atoms with van der Waals surface area (Å²) < 4.78 is 0. The van der Waals surface area contributed by atoms with Gasteiger partial charge in [-0.2, -0.15) is 0 Å². The second-order valence-electron chi connectivity index (χ2n) is 7.51. The predicted octanol–water partition coefficient (Wildman–Crippen LogP) is 6.68. The van der Waals surface area contributed by atoms with Gasteiger partial charge in [-0.05, 0) is 53.9 Å². The smallest absolute Gasteiger partial charge is 0.0712 e. The van der Waals surface area contributed by atoms with Crippen molar-refractivity contribution >= 4 is 43.6 Å². The number of rotatable bonds is 2. The fourth-order valence-electron chi connectivity index (χ4n) is 4.23. The molecule has 0 aliphatic rings. The van der Waals surface area contributed by atoms with Crippen LogP contribution < -0.4 is 0 Å². The largest absolute Gasteiger partial charge is 0.248 e. The molecule has 0 unspecified atom stereocenters. The van der Waals surface area contributed by atoms with Crippen LogP contribution in [0.25, 0.3) is 43.6 Å². The first-order valence-electron chi connectivity index (χ1n) is 9.90. The van der Waals surface area contributed by atoms with E-state index in [1.807, 2.05) is 12.1 Å². The van der Waals surface area contributed by atoms with E-state index in [4.69, 9.17) is 9.97 Å². The van der Waals surface area contributed by atoms with E-state index in [1.54, 1.807) is 0 Å². The predicted molar refractivity (Wildman–Crippen MR) is 121 cm³/mol. The van der Waals surface area contributed by atoms with Crippen molar-refractivity contribution in [3.05, 3.63) is 108 Å². The molecule has 0 radical (unpaired) electrons. The maximum absolute atomic E-state index is 4.87. The van der Waals surface area contributed by atoms with Gasteiger partial charge in [-0.3, -0.25) is 0 Å². The standard InChI is InChI=1S/C27H18N2/c1-3-11-24-20(7-1)16-22-18(9-5-13-26(22)28-24)15-19-10-6-14-27-23(19)17-21-8-2-4-12-25(21)29-27/h1-14,16-17H,15H2. The van der Waals surface area contributed by atoms with Crippen molar-refractivity contribution in [2.45, 2.75) is 6.42 Å². The first kappa shape index (κ1) is 16.2. The molecule has 0 saturated carbocycles. The SMILES string of the molecule is c1ccc2nc3cccc(Cc4cccc5nc6ccccc6cc45)c3cc2c1. The number of benzene rings is 4. The van der Waals surface area contributed by atoms with E-state index in [2.05, 4.69) is 84.9 Å². The van der Waals surface area contributed by atoms with Crippen molar-refractivity contribution in [3.63, 3.8) is 0 Å². The number of fused-ring (bicyclic) bond motifs is 4. The third-order valence-electron chi connectivity index (χ3n) is 5.68. The van der Waals surface area contributed by atoms with Crippen LogP contribution in [0.3, 0.4) is 0 Å². The number of nitrogens with zero attached hydrogens (tertiary/aromatic N) is 2. The molecule has 0 bridgehead atoms. The minimum absolute atomic E-state index is 0.856. The molecule has 2 nitrogen and oxygen atoms in total. The fourth-order valence-corrected chi connectivity index (χ4v) is 4.23. The number of hydrogen-bond donors (Lipinski definition) is 0. The maximum Gasteiger partial charge on any atom is 0.0712 e. The lowest BCUT2D eigenvalue weighted by Gasteiger charge is -2.11. The fraction of sp³-hybridized carbons (Fsp3) is 0.0370. The highest BCUT2D eigenvalue weighted by Crippen LogP contribution is 2.28. The number of aromatic nitrogens is 2. The number of para-hydroxylation sites is 2. The van der Waals surface area contributed by atoms with Crippen molar-refractivity contribution < 1.29 is 0 Å². The van der Waals surface area contributed by atoms with Gasteiger partial charge in [-0.25, -0.2) is 9.97 Å². The van der Waals surface area contributed by atoms with Crippen LogP contribution in [0, 0.1) is 0 Å². The van der Waals surface area contributed by atoms with Crippen molar-refractivity contribution in [1.29, 1.82) is 0 Å². The molecule has 0 aliphatic heterocycles. The number of hydrogen-bond acceptors (Lipinski definition) is 2. The van der Waals surface area contributed by atoms with E-state index in [1.165, 1.54) is 32.7 Å². The Balaban J connectivity index is 1.55. The molecule has 29 heavy (non-hydrogen) atoms. The summed E-state index contributed by atoms with van der Waals surface area (Å²) in [6, 6.07) is 34.0. The van der Waals surface area contributed by atoms with Crippen LogP contribution in [-0.4, -0.2) is 9.97 Å². The summed E-state index contributed by atoms with van der Waals surface area (Å²) in [6.07, 6.45) is 0.856. The van der Waals surface area contributed by atoms with Gasteiger partial charge in [-0.1, -0.05) is 60.7 Å². The Kier molecular flexibility index (Phi) is 3.57. The van der Waals surface area contributed by atoms with Crippen molar-refractivity contribution in [2.24, 2.45) is 0 Å². The Bertz CT molecular complexity index is 1420. The summed E-state index contributed by atoms with van der Waals surface area (Å²) >= 11 is 0. The van der Waals surface area contributed by atoms with Crippen molar-refractivity contribution in [3.8, 4) is 0 Å². The van der Waals surface area contributed by atoms with Gasteiger partial charge in [0.15, 0.2) is 0 Å². The summed E-state index contributed by atoms with van der Waals surface area (Å²) in [4.78, 5) is 9.74. The van der Waals surface area contributed by atoms with Gasteiger partial charge in [0.05, 0.1) is 22.1 Å². The summed E-state index contributed by atoms with van der Waals surface area (Å²) in [5, 5.41) is 4.80. The highest BCUT2D eigenvalue weighted by atomic mass is 14.7. The van der Waals surface area contributed by atoms with Gasteiger partial charge < -0.3 is 0 Å². The second kappa shape index (κ2) is 6.39. The van der Waals surface area contributed by atoms with Crippen molar-refractivity contribution in [1.82, 2.24) is 9.97 Å². The van der Waals surface area contributed by atoms with E-state index in [9.17, 15) is 0 Å². The second-order valence-corrected chi connectivity index (χ2v) is 7.51. The molecule has 0 fully saturated rings. The van der Waals surface area contributed by atoms with Gasteiger partial charge in [-0.15, -0.1) is 0 Å². The van der Waals surface area contributed by atoms with Crippen LogP contribution in [0.5, 0.6) is 0 Å². The molecule has 0 spiro atoms. The van der Waals surface area contributed by atoms with E-state index >= 15 is 0 Å². The summed E-state index contributed by atoms with van der Waals surface area (Å²) in [5.74, 6) is 0. The van der Waals surface area contributed by atoms with Crippen LogP contribution in [-0.2, 0) is 6.42 Å². The quantitative estimate of drug-likeness (QED) is 0.318. The van der Waals surface area contributed by atoms with Gasteiger partial charge in [0, 0.05) is 21.5 Å². The lowest BCUT2D eigenvalue weighted by molar-refractivity contribution is 1.23.